The Kier molecular flexibility index (Phi) is 10.4. The molecule has 0 aromatic heterocycles. The summed E-state index contributed by atoms with van der Waals surface area (Å²) in [4.78, 5) is 15.7. The molecule has 6 heteroatoms. The molecule has 2 rings (SSSR count). The molecule has 0 aliphatic rings. The van der Waals surface area contributed by atoms with E-state index in [2.05, 4.69) is 46.9 Å². The number of nitrogens with zero attached hydrogens (tertiary/aromatic N) is 1. The highest BCUT2D eigenvalue weighted by molar-refractivity contribution is 5.88. The van der Waals surface area contributed by atoms with Crippen molar-refractivity contribution < 1.29 is 9.53 Å². The van der Waals surface area contributed by atoms with E-state index < -0.39 is 0 Å². The summed E-state index contributed by atoms with van der Waals surface area (Å²) in [7, 11) is 0. The zero-order valence-corrected chi connectivity index (χ0v) is 18.3. The van der Waals surface area contributed by atoms with Crippen molar-refractivity contribution in [1.29, 1.82) is 0 Å². The lowest BCUT2D eigenvalue weighted by molar-refractivity contribution is -0.114. The van der Waals surface area contributed by atoms with Crippen LogP contribution in [0.5, 0.6) is 0 Å². The largest absolute Gasteiger partial charge is 0.374 e. The quantitative estimate of drug-likeness (QED) is 0.298. The van der Waals surface area contributed by atoms with Crippen LogP contribution in [0, 0.1) is 0 Å². The first-order valence-corrected chi connectivity index (χ1v) is 10.6. The Balaban J connectivity index is 1.69. The summed E-state index contributed by atoms with van der Waals surface area (Å²) >= 11 is 0. The Labute approximate surface area is 180 Å². The third-order valence-corrected chi connectivity index (χ3v) is 4.53. The highest BCUT2D eigenvalue weighted by atomic mass is 16.5. The van der Waals surface area contributed by atoms with Crippen molar-refractivity contribution in [3.05, 3.63) is 65.7 Å². The Morgan fingerprint density at radius 3 is 2.47 bits per heavy atom. The van der Waals surface area contributed by atoms with Gasteiger partial charge in [0, 0.05) is 38.9 Å². The molecule has 6 nitrogen and oxygen atoms in total. The normalized spacial score (nSPS) is 12.3. The Bertz CT molecular complexity index is 776. The molecule has 0 aliphatic heterocycles. The second-order valence-corrected chi connectivity index (χ2v) is 7.09. The fourth-order valence-electron chi connectivity index (χ4n) is 2.96. The minimum atomic E-state index is -0.0594. The van der Waals surface area contributed by atoms with Gasteiger partial charge in [0.1, 0.15) is 0 Å². The molecule has 0 bridgehead atoms. The summed E-state index contributed by atoms with van der Waals surface area (Å²) in [6.07, 6.45) is 1.85. The fourth-order valence-corrected chi connectivity index (χ4v) is 2.96. The minimum absolute atomic E-state index is 0.0594. The maximum absolute atomic E-state index is 11.1. The van der Waals surface area contributed by atoms with Crippen LogP contribution in [0.4, 0.5) is 5.69 Å². The third-order valence-electron chi connectivity index (χ3n) is 4.53. The van der Waals surface area contributed by atoms with Gasteiger partial charge >= 0.3 is 0 Å². The molecule has 2 aromatic carbocycles. The number of benzene rings is 2. The number of hydrogen-bond acceptors (Lipinski definition) is 3. The fraction of sp³-hybridized carbons (Fsp3) is 0.417. The van der Waals surface area contributed by atoms with E-state index in [1.54, 1.807) is 0 Å². The standard InChI is InChI=1S/C24H34N4O2/c1-4-25-24(26-16-8-18-30-19(2)22-9-6-5-7-10-22)27-17-15-21-11-13-23(14-12-21)28-20(3)29/h5-7,9-14,19H,4,8,15-18H2,1-3H3,(H,28,29)(H2,25,26,27). The topological polar surface area (TPSA) is 74.8 Å². The molecule has 30 heavy (non-hydrogen) atoms. The van der Waals surface area contributed by atoms with Gasteiger partial charge in [-0.3, -0.25) is 9.79 Å². The van der Waals surface area contributed by atoms with Crippen LogP contribution in [-0.2, 0) is 16.0 Å². The molecule has 1 unspecified atom stereocenters. The average Bonchev–Trinajstić information content (AvgIpc) is 2.74. The SMILES string of the molecule is CCNC(=NCCCOC(C)c1ccccc1)NCCc1ccc(NC(C)=O)cc1. The Hall–Kier alpha value is -2.86. The first-order valence-electron chi connectivity index (χ1n) is 10.6. The highest BCUT2D eigenvalue weighted by Gasteiger charge is 2.04. The van der Waals surface area contributed by atoms with E-state index in [1.807, 2.05) is 42.5 Å². The van der Waals surface area contributed by atoms with Crippen LogP contribution < -0.4 is 16.0 Å². The number of guanidine groups is 1. The zero-order valence-electron chi connectivity index (χ0n) is 18.3. The molecule has 2 aromatic rings. The van der Waals surface area contributed by atoms with E-state index in [-0.39, 0.29) is 12.0 Å². The van der Waals surface area contributed by atoms with Crippen LogP contribution in [0.25, 0.3) is 0 Å². The van der Waals surface area contributed by atoms with Crippen molar-refractivity contribution in [1.82, 2.24) is 10.6 Å². The average molecular weight is 411 g/mol. The molecule has 3 N–H and O–H groups in total. The number of carbonyl (C=O) groups excluding carboxylic acids is 1. The van der Waals surface area contributed by atoms with E-state index in [4.69, 9.17) is 4.74 Å². The first kappa shape index (κ1) is 23.4. The summed E-state index contributed by atoms with van der Waals surface area (Å²) in [5.41, 5.74) is 3.22. The third kappa shape index (κ3) is 9.09. The first-order chi connectivity index (χ1) is 14.6. The van der Waals surface area contributed by atoms with Crippen LogP contribution in [-0.4, -0.2) is 38.1 Å². The van der Waals surface area contributed by atoms with Gasteiger partial charge in [0.05, 0.1) is 6.10 Å². The molecule has 0 aliphatic carbocycles. The van der Waals surface area contributed by atoms with Gasteiger partial charge in [0.2, 0.25) is 5.91 Å². The molecular weight excluding hydrogens is 376 g/mol. The molecule has 0 saturated carbocycles. The van der Waals surface area contributed by atoms with Crippen molar-refractivity contribution in [2.45, 2.75) is 39.7 Å². The predicted octanol–water partition coefficient (Wildman–Crippen LogP) is 3.91. The van der Waals surface area contributed by atoms with Gasteiger partial charge in [-0.2, -0.15) is 0 Å². The highest BCUT2D eigenvalue weighted by Crippen LogP contribution is 2.15. The van der Waals surface area contributed by atoms with E-state index in [1.165, 1.54) is 18.1 Å². The van der Waals surface area contributed by atoms with Crippen molar-refractivity contribution >= 4 is 17.6 Å². The molecule has 0 radical (unpaired) electrons. The number of hydrogen-bond donors (Lipinski definition) is 3. The van der Waals surface area contributed by atoms with Gasteiger partial charge in [-0.1, -0.05) is 42.5 Å². The number of ether oxygens (including phenoxy) is 1. The van der Waals surface area contributed by atoms with Crippen molar-refractivity contribution in [3.8, 4) is 0 Å². The van der Waals surface area contributed by atoms with E-state index in [0.717, 1.165) is 37.6 Å². The molecule has 0 heterocycles. The summed E-state index contributed by atoms with van der Waals surface area (Å²) in [5.74, 6) is 0.763. The molecule has 0 saturated heterocycles. The van der Waals surface area contributed by atoms with Gasteiger partial charge in [-0.05, 0) is 49.9 Å². The lowest BCUT2D eigenvalue weighted by atomic mass is 10.1. The molecule has 1 amide bonds. The van der Waals surface area contributed by atoms with Gasteiger partial charge < -0.3 is 20.7 Å². The zero-order chi connectivity index (χ0) is 21.6. The van der Waals surface area contributed by atoms with E-state index in [0.29, 0.717) is 13.2 Å². The number of nitrogens with one attached hydrogen (secondary N) is 3. The van der Waals surface area contributed by atoms with Crippen molar-refractivity contribution in [3.63, 3.8) is 0 Å². The summed E-state index contributed by atoms with van der Waals surface area (Å²) in [6, 6.07) is 18.2. The van der Waals surface area contributed by atoms with Gasteiger partial charge in [0.15, 0.2) is 5.96 Å². The molecule has 162 valence electrons. The van der Waals surface area contributed by atoms with Gasteiger partial charge in [-0.25, -0.2) is 0 Å². The van der Waals surface area contributed by atoms with Gasteiger partial charge in [0.25, 0.3) is 0 Å². The smallest absolute Gasteiger partial charge is 0.221 e. The molecule has 0 spiro atoms. The number of anilines is 1. The monoisotopic (exact) mass is 410 g/mol. The molecule has 1 atom stereocenters. The molecular formula is C24H34N4O2. The second kappa shape index (κ2) is 13.4. The Morgan fingerprint density at radius 1 is 1.07 bits per heavy atom. The van der Waals surface area contributed by atoms with Crippen molar-refractivity contribution in [2.24, 2.45) is 4.99 Å². The van der Waals surface area contributed by atoms with E-state index >= 15 is 0 Å². The van der Waals surface area contributed by atoms with Crippen LogP contribution in [0.15, 0.2) is 59.6 Å². The van der Waals surface area contributed by atoms with Crippen LogP contribution >= 0.6 is 0 Å². The lowest BCUT2D eigenvalue weighted by Gasteiger charge is -2.14. The minimum Gasteiger partial charge on any atom is -0.374 e. The number of rotatable bonds is 11. The maximum Gasteiger partial charge on any atom is 0.221 e. The van der Waals surface area contributed by atoms with Crippen molar-refractivity contribution in [2.75, 3.05) is 31.6 Å². The maximum atomic E-state index is 11.1. The number of aliphatic imine (C=N–C) groups is 1. The summed E-state index contributed by atoms with van der Waals surface area (Å²) < 4.78 is 5.91. The van der Waals surface area contributed by atoms with Crippen LogP contribution in [0.1, 0.15) is 44.4 Å². The Morgan fingerprint density at radius 2 is 1.80 bits per heavy atom. The lowest BCUT2D eigenvalue weighted by Crippen LogP contribution is -2.38. The summed E-state index contributed by atoms with van der Waals surface area (Å²) in [5, 5.41) is 9.42. The number of carbonyl (C=O) groups is 1. The summed E-state index contributed by atoms with van der Waals surface area (Å²) in [6.45, 7) is 8.64. The molecule has 0 fully saturated rings. The van der Waals surface area contributed by atoms with Gasteiger partial charge in [-0.15, -0.1) is 0 Å². The van der Waals surface area contributed by atoms with E-state index in [9.17, 15) is 4.79 Å². The van der Waals surface area contributed by atoms with Crippen LogP contribution in [0.3, 0.4) is 0 Å². The predicted molar refractivity (Wildman–Crippen MR) is 124 cm³/mol. The van der Waals surface area contributed by atoms with Crippen LogP contribution in [0.2, 0.25) is 0 Å². The second-order valence-electron chi connectivity index (χ2n) is 7.09. The number of amides is 1.